The summed E-state index contributed by atoms with van der Waals surface area (Å²) in [6, 6.07) is 3.21. The molecule has 0 saturated carbocycles. The number of rotatable bonds is 4. The molecule has 0 aliphatic carbocycles. The van der Waals surface area contributed by atoms with Gasteiger partial charge in [0, 0.05) is 16.9 Å². The van der Waals surface area contributed by atoms with Gasteiger partial charge in [0.05, 0.1) is 11.6 Å². The summed E-state index contributed by atoms with van der Waals surface area (Å²) < 4.78 is 53.3. The van der Waals surface area contributed by atoms with Gasteiger partial charge in [0.1, 0.15) is 16.6 Å². The minimum Gasteiger partial charge on any atom is -0.598 e. The second kappa shape index (κ2) is 6.48. The number of hydrogen-bond donors (Lipinski definition) is 1. The van der Waals surface area contributed by atoms with E-state index in [0.717, 1.165) is 12.1 Å². The third-order valence-corrected chi connectivity index (χ3v) is 4.08. The second-order valence-corrected chi connectivity index (χ2v) is 7.16. The van der Waals surface area contributed by atoms with Crippen LogP contribution < -0.4 is 4.72 Å². The van der Waals surface area contributed by atoms with Gasteiger partial charge in [-0.15, -0.1) is 4.72 Å². The van der Waals surface area contributed by atoms with E-state index in [0.29, 0.717) is 0 Å². The van der Waals surface area contributed by atoms with Gasteiger partial charge in [-0.1, -0.05) is 0 Å². The number of nitrogens with zero attached hydrogens (tertiary/aromatic N) is 1. The zero-order valence-corrected chi connectivity index (χ0v) is 12.1. The van der Waals surface area contributed by atoms with E-state index in [9.17, 15) is 17.7 Å². The smallest absolute Gasteiger partial charge is 0.262 e. The second-order valence-electron chi connectivity index (χ2n) is 5.16. The fraction of sp³-hybridized carbons (Fsp3) is 0.462. The normalized spacial score (nSPS) is 14.9. The molecule has 0 fully saturated rings. The van der Waals surface area contributed by atoms with Crippen molar-refractivity contribution in [3.63, 3.8) is 0 Å². The first-order valence-corrected chi connectivity index (χ1v) is 6.97. The van der Waals surface area contributed by atoms with Crippen molar-refractivity contribution in [3.8, 4) is 6.07 Å². The van der Waals surface area contributed by atoms with Gasteiger partial charge >= 0.3 is 0 Å². The Morgan fingerprint density at radius 2 is 1.95 bits per heavy atom. The van der Waals surface area contributed by atoms with E-state index < -0.39 is 34.4 Å². The minimum atomic E-state index is -2.95. The molecule has 20 heavy (non-hydrogen) atoms. The monoisotopic (exact) mass is 304 g/mol. The van der Waals surface area contributed by atoms with Crippen LogP contribution in [0.4, 0.5) is 13.2 Å². The van der Waals surface area contributed by atoms with Crippen LogP contribution in [0.25, 0.3) is 0 Å². The molecule has 0 heterocycles. The predicted molar refractivity (Wildman–Crippen MR) is 70.9 cm³/mol. The highest BCUT2D eigenvalue weighted by molar-refractivity contribution is 7.90. The summed E-state index contributed by atoms with van der Waals surface area (Å²) in [5.41, 5.74) is -0.299. The summed E-state index contributed by atoms with van der Waals surface area (Å²) in [6.45, 7) is 4.84. The first kappa shape index (κ1) is 16.8. The van der Waals surface area contributed by atoms with Crippen molar-refractivity contribution in [2.75, 3.05) is 0 Å². The SMILES string of the molecule is CC(C)(C)[S+]([O-])NC(c1cc(C#N)ccc1F)C(F)F. The number of nitrogens with one attached hydrogen (secondary N) is 1. The van der Waals surface area contributed by atoms with E-state index in [2.05, 4.69) is 4.72 Å². The lowest BCUT2D eigenvalue weighted by molar-refractivity contribution is 0.107. The molecular formula is C13H15F3N2OS. The number of nitriles is 1. The van der Waals surface area contributed by atoms with Crippen LogP contribution in [0.1, 0.15) is 37.9 Å². The van der Waals surface area contributed by atoms with Crippen molar-refractivity contribution in [2.24, 2.45) is 0 Å². The minimum absolute atomic E-state index is 0.0652. The average Bonchev–Trinajstić information content (AvgIpc) is 2.35. The molecule has 2 atom stereocenters. The molecule has 1 N–H and O–H groups in total. The number of hydrogen-bond acceptors (Lipinski definition) is 3. The zero-order chi connectivity index (χ0) is 15.5. The lowest BCUT2D eigenvalue weighted by atomic mass is 10.0. The molecule has 0 spiro atoms. The molecule has 110 valence electrons. The average molecular weight is 304 g/mol. The topological polar surface area (TPSA) is 58.9 Å². The van der Waals surface area contributed by atoms with Crippen molar-refractivity contribution in [2.45, 2.75) is 38.0 Å². The maximum atomic E-state index is 13.7. The Morgan fingerprint density at radius 1 is 1.35 bits per heavy atom. The molecule has 2 unspecified atom stereocenters. The first-order chi connectivity index (χ1) is 9.16. The highest BCUT2D eigenvalue weighted by atomic mass is 32.2. The third kappa shape index (κ3) is 4.13. The van der Waals surface area contributed by atoms with E-state index in [1.165, 1.54) is 6.07 Å². The van der Waals surface area contributed by atoms with Crippen molar-refractivity contribution in [1.29, 1.82) is 5.26 Å². The molecule has 3 nitrogen and oxygen atoms in total. The van der Waals surface area contributed by atoms with Crippen LogP contribution in [0, 0.1) is 17.1 Å². The fourth-order valence-electron chi connectivity index (χ4n) is 1.39. The van der Waals surface area contributed by atoms with Gasteiger partial charge in [-0.3, -0.25) is 0 Å². The van der Waals surface area contributed by atoms with Gasteiger partial charge in [0.25, 0.3) is 6.43 Å². The quantitative estimate of drug-likeness (QED) is 0.870. The van der Waals surface area contributed by atoms with Crippen molar-refractivity contribution < 1.29 is 17.7 Å². The molecule has 0 amide bonds. The zero-order valence-electron chi connectivity index (χ0n) is 11.3. The van der Waals surface area contributed by atoms with Crippen LogP contribution in [0.5, 0.6) is 0 Å². The van der Waals surface area contributed by atoms with Gasteiger partial charge in [-0.25, -0.2) is 13.2 Å². The molecule has 1 aromatic carbocycles. The summed E-state index contributed by atoms with van der Waals surface area (Å²) in [5, 5.41) is 8.74. The maximum absolute atomic E-state index is 13.7. The lowest BCUT2D eigenvalue weighted by Gasteiger charge is -2.28. The number of benzene rings is 1. The lowest BCUT2D eigenvalue weighted by Crippen LogP contribution is -2.43. The van der Waals surface area contributed by atoms with E-state index in [1.807, 2.05) is 0 Å². The van der Waals surface area contributed by atoms with Crippen LogP contribution in [-0.2, 0) is 11.4 Å². The van der Waals surface area contributed by atoms with Crippen molar-refractivity contribution in [1.82, 2.24) is 4.72 Å². The standard InChI is InChI=1S/C13H15F3N2OS/c1-13(2,3)20(19)18-11(12(15)16)9-6-8(7-17)4-5-10(9)14/h4-6,11-12,18H,1-3H3. The molecule has 0 saturated heterocycles. The summed E-state index contributed by atoms with van der Waals surface area (Å²) in [5.74, 6) is -0.868. The maximum Gasteiger partial charge on any atom is 0.262 e. The summed E-state index contributed by atoms with van der Waals surface area (Å²) in [7, 11) is 0. The molecule has 1 rings (SSSR count). The molecule has 0 radical (unpaired) electrons. The Labute approximate surface area is 119 Å². The van der Waals surface area contributed by atoms with E-state index >= 15 is 0 Å². The molecule has 0 aliphatic heterocycles. The first-order valence-electron chi connectivity index (χ1n) is 5.82. The van der Waals surface area contributed by atoms with Gasteiger partial charge in [-0.2, -0.15) is 5.26 Å². The van der Waals surface area contributed by atoms with E-state index in [1.54, 1.807) is 26.8 Å². The Hall–Kier alpha value is -1.23. The van der Waals surface area contributed by atoms with E-state index in [-0.39, 0.29) is 11.1 Å². The van der Waals surface area contributed by atoms with Gasteiger partial charge in [-0.05, 0) is 39.0 Å². The molecule has 0 aromatic heterocycles. The molecule has 1 aromatic rings. The Balaban J connectivity index is 3.12. The van der Waals surface area contributed by atoms with Crippen LogP contribution >= 0.6 is 0 Å². The fourth-order valence-corrected chi connectivity index (χ4v) is 2.21. The summed E-state index contributed by atoms with van der Waals surface area (Å²) >= 11 is -1.78. The highest BCUT2D eigenvalue weighted by Gasteiger charge is 2.35. The van der Waals surface area contributed by atoms with Gasteiger partial charge in [0.15, 0.2) is 0 Å². The third-order valence-electron chi connectivity index (χ3n) is 2.50. The van der Waals surface area contributed by atoms with Crippen LogP contribution in [0.3, 0.4) is 0 Å². The summed E-state index contributed by atoms with van der Waals surface area (Å²) in [6.07, 6.45) is -2.95. The highest BCUT2D eigenvalue weighted by Crippen LogP contribution is 2.27. The number of halogens is 3. The number of alkyl halides is 2. The molecular weight excluding hydrogens is 289 g/mol. The summed E-state index contributed by atoms with van der Waals surface area (Å²) in [4.78, 5) is 0. The van der Waals surface area contributed by atoms with Gasteiger partial charge in [0.2, 0.25) is 0 Å². The Kier molecular flexibility index (Phi) is 5.45. The van der Waals surface area contributed by atoms with Crippen molar-refractivity contribution >= 4 is 11.4 Å². The predicted octanol–water partition coefficient (Wildman–Crippen LogP) is 3.06. The molecule has 0 bridgehead atoms. The van der Waals surface area contributed by atoms with Crippen LogP contribution in [0.2, 0.25) is 0 Å². The Morgan fingerprint density at radius 3 is 2.40 bits per heavy atom. The Bertz CT molecular complexity index is 511. The van der Waals surface area contributed by atoms with Crippen LogP contribution in [0.15, 0.2) is 18.2 Å². The molecule has 7 heteroatoms. The van der Waals surface area contributed by atoms with Crippen LogP contribution in [-0.4, -0.2) is 15.7 Å². The molecule has 0 aliphatic rings. The van der Waals surface area contributed by atoms with E-state index in [4.69, 9.17) is 5.26 Å². The largest absolute Gasteiger partial charge is 0.598 e. The van der Waals surface area contributed by atoms with Gasteiger partial charge < -0.3 is 4.55 Å². The van der Waals surface area contributed by atoms with Crippen molar-refractivity contribution in [3.05, 3.63) is 35.1 Å².